The van der Waals surface area contributed by atoms with Crippen LogP contribution in [0.25, 0.3) is 0 Å². The Morgan fingerprint density at radius 1 is 1.22 bits per heavy atom. The van der Waals surface area contributed by atoms with Gasteiger partial charge in [-0.05, 0) is 31.9 Å². The van der Waals surface area contributed by atoms with Crippen molar-refractivity contribution in [2.24, 2.45) is 5.73 Å². The molecule has 2 unspecified atom stereocenters. The van der Waals surface area contributed by atoms with Gasteiger partial charge in [-0.3, -0.25) is 0 Å². The average Bonchev–Trinajstić information content (AvgIpc) is 2.38. The van der Waals surface area contributed by atoms with Crippen molar-refractivity contribution in [2.45, 2.75) is 31.8 Å². The third kappa shape index (κ3) is 2.12. The monoisotopic (exact) mass is 248 g/mol. The predicted octanol–water partition coefficient (Wildman–Crippen LogP) is 1.77. The molecule has 18 heavy (non-hydrogen) atoms. The van der Waals surface area contributed by atoms with Gasteiger partial charge in [0, 0.05) is 30.4 Å². The lowest BCUT2D eigenvalue weighted by molar-refractivity contribution is 0.171. The molecule has 0 aromatic heterocycles. The number of nitrogens with two attached hydrogens (primary N) is 1. The second kappa shape index (κ2) is 4.69. The van der Waals surface area contributed by atoms with E-state index in [0.717, 1.165) is 30.9 Å². The summed E-state index contributed by atoms with van der Waals surface area (Å²) in [4.78, 5) is 2.40. The highest BCUT2D eigenvalue weighted by Crippen LogP contribution is 2.35. The van der Waals surface area contributed by atoms with Gasteiger partial charge in [0.15, 0.2) is 11.5 Å². The molecule has 2 aliphatic rings. The number of nitrogens with zero attached hydrogens (tertiary/aromatic N) is 1. The van der Waals surface area contributed by atoms with E-state index in [1.807, 2.05) is 6.07 Å². The first-order valence-corrected chi connectivity index (χ1v) is 6.66. The summed E-state index contributed by atoms with van der Waals surface area (Å²) < 4.78 is 11.2. The number of ether oxygens (including phenoxy) is 2. The lowest BCUT2D eigenvalue weighted by Gasteiger charge is -2.38. The number of benzene rings is 1. The molecular formula is C14H20N2O2. The summed E-state index contributed by atoms with van der Waals surface area (Å²) in [5.41, 5.74) is 7.21. The minimum Gasteiger partial charge on any atom is -0.486 e. The standard InChI is InChI=1S/C14H20N2O2/c1-10-8-11(15)4-5-16(10)12-2-3-13-14(9-12)18-7-6-17-13/h2-3,9-11H,4-8,15H2,1H3. The van der Waals surface area contributed by atoms with Crippen LogP contribution in [0.15, 0.2) is 18.2 Å². The normalized spacial score (nSPS) is 27.1. The first-order valence-electron chi connectivity index (χ1n) is 6.66. The zero-order valence-corrected chi connectivity index (χ0v) is 10.8. The minimum atomic E-state index is 0.341. The number of rotatable bonds is 1. The Labute approximate surface area is 108 Å². The number of hydrogen-bond acceptors (Lipinski definition) is 4. The maximum absolute atomic E-state index is 6.00. The lowest BCUT2D eigenvalue weighted by Crippen LogP contribution is -2.45. The van der Waals surface area contributed by atoms with Crippen LogP contribution < -0.4 is 20.1 Å². The first kappa shape index (κ1) is 11.7. The summed E-state index contributed by atoms with van der Waals surface area (Å²) in [7, 11) is 0. The van der Waals surface area contributed by atoms with Crippen molar-refractivity contribution >= 4 is 5.69 Å². The molecule has 2 heterocycles. The van der Waals surface area contributed by atoms with E-state index in [0.29, 0.717) is 25.3 Å². The van der Waals surface area contributed by atoms with Crippen molar-refractivity contribution in [1.82, 2.24) is 0 Å². The molecule has 4 heteroatoms. The van der Waals surface area contributed by atoms with Crippen LogP contribution in [0.2, 0.25) is 0 Å². The maximum atomic E-state index is 6.00. The predicted molar refractivity (Wildman–Crippen MR) is 71.4 cm³/mol. The van der Waals surface area contributed by atoms with Crippen LogP contribution in [0.4, 0.5) is 5.69 Å². The number of fused-ring (bicyclic) bond motifs is 1. The Kier molecular flexibility index (Phi) is 3.04. The van der Waals surface area contributed by atoms with Crippen LogP contribution in [0.3, 0.4) is 0 Å². The second-order valence-electron chi connectivity index (χ2n) is 5.15. The van der Waals surface area contributed by atoms with Crippen molar-refractivity contribution in [3.8, 4) is 11.5 Å². The Morgan fingerprint density at radius 3 is 2.78 bits per heavy atom. The third-order valence-corrected chi connectivity index (χ3v) is 3.77. The summed E-state index contributed by atoms with van der Waals surface area (Å²) in [6, 6.07) is 7.03. The van der Waals surface area contributed by atoms with E-state index in [1.165, 1.54) is 5.69 Å². The van der Waals surface area contributed by atoms with E-state index < -0.39 is 0 Å². The van der Waals surface area contributed by atoms with E-state index in [9.17, 15) is 0 Å². The fraction of sp³-hybridized carbons (Fsp3) is 0.571. The van der Waals surface area contributed by atoms with Crippen LogP contribution in [-0.4, -0.2) is 31.8 Å². The fourth-order valence-corrected chi connectivity index (χ4v) is 2.80. The summed E-state index contributed by atoms with van der Waals surface area (Å²) in [5, 5.41) is 0. The van der Waals surface area contributed by atoms with Crippen LogP contribution in [-0.2, 0) is 0 Å². The van der Waals surface area contributed by atoms with Gasteiger partial charge < -0.3 is 20.1 Å². The molecule has 98 valence electrons. The van der Waals surface area contributed by atoms with E-state index >= 15 is 0 Å². The van der Waals surface area contributed by atoms with Gasteiger partial charge in [0.25, 0.3) is 0 Å². The molecular weight excluding hydrogens is 228 g/mol. The molecule has 0 amide bonds. The Hall–Kier alpha value is -1.42. The lowest BCUT2D eigenvalue weighted by atomic mass is 9.98. The van der Waals surface area contributed by atoms with Gasteiger partial charge in [0.1, 0.15) is 13.2 Å². The van der Waals surface area contributed by atoms with Crippen LogP contribution in [0.1, 0.15) is 19.8 Å². The highest BCUT2D eigenvalue weighted by Gasteiger charge is 2.24. The zero-order chi connectivity index (χ0) is 12.5. The van der Waals surface area contributed by atoms with E-state index in [2.05, 4.69) is 24.0 Å². The van der Waals surface area contributed by atoms with Crippen molar-refractivity contribution < 1.29 is 9.47 Å². The quantitative estimate of drug-likeness (QED) is 0.823. The Morgan fingerprint density at radius 2 is 2.00 bits per heavy atom. The van der Waals surface area contributed by atoms with E-state index in [1.54, 1.807) is 0 Å². The van der Waals surface area contributed by atoms with Gasteiger partial charge in [-0.25, -0.2) is 0 Å². The molecule has 2 atom stereocenters. The third-order valence-electron chi connectivity index (χ3n) is 3.77. The number of anilines is 1. The molecule has 4 nitrogen and oxygen atoms in total. The zero-order valence-electron chi connectivity index (χ0n) is 10.8. The second-order valence-corrected chi connectivity index (χ2v) is 5.15. The highest BCUT2D eigenvalue weighted by molar-refractivity contribution is 5.57. The largest absolute Gasteiger partial charge is 0.486 e. The van der Waals surface area contributed by atoms with Crippen LogP contribution in [0.5, 0.6) is 11.5 Å². The molecule has 1 saturated heterocycles. The Balaban J connectivity index is 1.83. The molecule has 2 aliphatic heterocycles. The molecule has 0 aliphatic carbocycles. The van der Waals surface area contributed by atoms with Crippen LogP contribution in [0, 0.1) is 0 Å². The van der Waals surface area contributed by atoms with Gasteiger partial charge in [0.2, 0.25) is 0 Å². The van der Waals surface area contributed by atoms with E-state index in [-0.39, 0.29) is 0 Å². The molecule has 0 bridgehead atoms. The summed E-state index contributed by atoms with van der Waals surface area (Å²) >= 11 is 0. The maximum Gasteiger partial charge on any atom is 0.163 e. The van der Waals surface area contributed by atoms with Crippen molar-refractivity contribution in [1.29, 1.82) is 0 Å². The highest BCUT2D eigenvalue weighted by atomic mass is 16.6. The van der Waals surface area contributed by atoms with Crippen molar-refractivity contribution in [2.75, 3.05) is 24.7 Å². The molecule has 0 spiro atoms. The summed E-state index contributed by atoms with van der Waals surface area (Å²) in [6.07, 6.45) is 2.10. The molecule has 3 rings (SSSR count). The Bertz CT molecular complexity index is 436. The number of hydrogen-bond donors (Lipinski definition) is 1. The number of piperidine rings is 1. The van der Waals surface area contributed by atoms with Gasteiger partial charge in [-0.15, -0.1) is 0 Å². The summed E-state index contributed by atoms with van der Waals surface area (Å²) in [5.74, 6) is 1.71. The molecule has 2 N–H and O–H groups in total. The first-order chi connectivity index (χ1) is 8.74. The van der Waals surface area contributed by atoms with E-state index in [4.69, 9.17) is 15.2 Å². The van der Waals surface area contributed by atoms with Gasteiger partial charge in [-0.1, -0.05) is 0 Å². The minimum absolute atomic E-state index is 0.341. The van der Waals surface area contributed by atoms with Gasteiger partial charge in [0.05, 0.1) is 0 Å². The molecule has 0 saturated carbocycles. The van der Waals surface area contributed by atoms with Crippen LogP contribution >= 0.6 is 0 Å². The molecule has 1 aromatic carbocycles. The molecule has 1 fully saturated rings. The molecule has 0 radical (unpaired) electrons. The topological polar surface area (TPSA) is 47.7 Å². The van der Waals surface area contributed by atoms with Crippen molar-refractivity contribution in [3.63, 3.8) is 0 Å². The van der Waals surface area contributed by atoms with Gasteiger partial charge >= 0.3 is 0 Å². The molecule has 1 aromatic rings. The van der Waals surface area contributed by atoms with Gasteiger partial charge in [-0.2, -0.15) is 0 Å². The fourth-order valence-electron chi connectivity index (χ4n) is 2.80. The average molecular weight is 248 g/mol. The SMILES string of the molecule is CC1CC(N)CCN1c1ccc2c(c1)OCCO2. The smallest absolute Gasteiger partial charge is 0.163 e. The summed E-state index contributed by atoms with van der Waals surface area (Å²) in [6.45, 7) is 4.52. The van der Waals surface area contributed by atoms with Crippen molar-refractivity contribution in [3.05, 3.63) is 18.2 Å².